The first-order chi connectivity index (χ1) is 9.73. The summed E-state index contributed by atoms with van der Waals surface area (Å²) in [5.41, 5.74) is -0.118. The first kappa shape index (κ1) is 18.1. The molecule has 0 aliphatic heterocycles. The molecule has 120 valence electrons. The third-order valence-corrected chi connectivity index (χ3v) is 6.66. The zero-order valence-electron chi connectivity index (χ0n) is 12.3. The van der Waals surface area contributed by atoms with Gasteiger partial charge >= 0.3 is 5.97 Å². The number of aryl methyl sites for hydroxylation is 1. The summed E-state index contributed by atoms with van der Waals surface area (Å²) in [6.45, 7) is 5.28. The summed E-state index contributed by atoms with van der Waals surface area (Å²) in [5.74, 6) is -1.26. The normalized spacial score (nSPS) is 12.6. The number of nitrogens with one attached hydrogen (secondary N) is 1. The lowest BCUT2D eigenvalue weighted by Gasteiger charge is -2.29. The molecule has 0 bridgehead atoms. The molecule has 1 rings (SSSR count). The Labute approximate surface area is 128 Å². The molecule has 0 aliphatic carbocycles. The molecule has 8 heteroatoms. The molecular weight excluding hydrogens is 314 g/mol. The van der Waals surface area contributed by atoms with Crippen LogP contribution in [-0.4, -0.2) is 37.8 Å². The lowest BCUT2D eigenvalue weighted by Crippen LogP contribution is -2.39. The molecule has 0 fully saturated rings. The summed E-state index contributed by atoms with van der Waals surface area (Å²) in [4.78, 5) is 10.8. The van der Waals surface area contributed by atoms with Crippen molar-refractivity contribution in [1.82, 2.24) is 4.72 Å². The van der Waals surface area contributed by atoms with E-state index in [9.17, 15) is 18.3 Å². The van der Waals surface area contributed by atoms with Crippen molar-refractivity contribution < 1.29 is 23.4 Å². The van der Waals surface area contributed by atoms with Crippen LogP contribution in [0.15, 0.2) is 10.3 Å². The van der Waals surface area contributed by atoms with Gasteiger partial charge in [0.05, 0.1) is 0 Å². The van der Waals surface area contributed by atoms with E-state index in [4.69, 9.17) is 5.11 Å². The highest BCUT2D eigenvalue weighted by Gasteiger charge is 2.31. The first-order valence-electron chi connectivity index (χ1n) is 6.65. The molecule has 0 saturated carbocycles. The molecule has 0 atom stereocenters. The van der Waals surface area contributed by atoms with Gasteiger partial charge in [0, 0.05) is 18.6 Å². The predicted octanol–water partition coefficient (Wildman–Crippen LogP) is 1.83. The van der Waals surface area contributed by atoms with Gasteiger partial charge in [-0.1, -0.05) is 13.8 Å². The fourth-order valence-electron chi connectivity index (χ4n) is 2.01. The summed E-state index contributed by atoms with van der Waals surface area (Å²) in [7, 11) is -3.92. The molecule has 3 N–H and O–H groups in total. The van der Waals surface area contributed by atoms with Crippen molar-refractivity contribution >= 4 is 27.3 Å². The second-order valence-electron chi connectivity index (χ2n) is 5.07. The quantitative estimate of drug-likeness (QED) is 0.672. The smallest absolute Gasteiger partial charge is 0.347 e. The van der Waals surface area contributed by atoms with Crippen LogP contribution < -0.4 is 4.72 Å². The number of carbonyl (C=O) groups is 1. The fourth-order valence-corrected chi connectivity index (χ4v) is 4.80. The van der Waals surface area contributed by atoms with Crippen molar-refractivity contribution in [2.45, 2.75) is 38.5 Å². The van der Waals surface area contributed by atoms with E-state index in [0.717, 1.165) is 11.3 Å². The van der Waals surface area contributed by atoms with Gasteiger partial charge in [-0.2, -0.15) is 0 Å². The molecule has 0 radical (unpaired) electrons. The minimum Gasteiger partial charge on any atom is -0.477 e. The maximum absolute atomic E-state index is 12.4. The number of rotatable bonds is 8. The van der Waals surface area contributed by atoms with Crippen molar-refractivity contribution in [1.29, 1.82) is 0 Å². The second kappa shape index (κ2) is 6.87. The number of sulfonamides is 1. The monoisotopic (exact) mass is 335 g/mol. The van der Waals surface area contributed by atoms with Gasteiger partial charge in [0.15, 0.2) is 0 Å². The van der Waals surface area contributed by atoms with Crippen LogP contribution in [0.4, 0.5) is 0 Å². The molecule has 0 spiro atoms. The van der Waals surface area contributed by atoms with Gasteiger partial charge in [-0.25, -0.2) is 17.9 Å². The highest BCUT2D eigenvalue weighted by atomic mass is 32.2. The van der Waals surface area contributed by atoms with E-state index in [0.29, 0.717) is 18.4 Å². The summed E-state index contributed by atoms with van der Waals surface area (Å²) >= 11 is 0.894. The van der Waals surface area contributed by atoms with Crippen LogP contribution in [0.2, 0.25) is 0 Å². The highest BCUT2D eigenvalue weighted by molar-refractivity contribution is 7.89. The molecule has 6 nitrogen and oxygen atoms in total. The van der Waals surface area contributed by atoms with Gasteiger partial charge < -0.3 is 10.2 Å². The Morgan fingerprint density at radius 2 is 1.95 bits per heavy atom. The van der Waals surface area contributed by atoms with Crippen molar-refractivity contribution in [3.63, 3.8) is 0 Å². The summed E-state index contributed by atoms with van der Waals surface area (Å²) in [6, 6.07) is 0. The van der Waals surface area contributed by atoms with Crippen LogP contribution in [0, 0.1) is 12.3 Å². The van der Waals surface area contributed by atoms with Crippen LogP contribution >= 0.6 is 11.3 Å². The SMILES string of the molecule is CCC(CC)(CO)CNS(=O)(=O)c1c(C)csc1C(=O)O. The molecular formula is C13H21NO5S2. The number of hydrogen-bond acceptors (Lipinski definition) is 5. The summed E-state index contributed by atoms with van der Waals surface area (Å²) in [6.07, 6.45) is 1.24. The third kappa shape index (κ3) is 3.82. The number of thiophene rings is 1. The molecule has 0 aromatic carbocycles. The van der Waals surface area contributed by atoms with E-state index in [1.54, 1.807) is 6.92 Å². The minimum absolute atomic E-state index is 0.0766. The Balaban J connectivity index is 3.08. The molecule has 0 saturated heterocycles. The molecule has 21 heavy (non-hydrogen) atoms. The van der Waals surface area contributed by atoms with E-state index in [2.05, 4.69) is 4.72 Å². The van der Waals surface area contributed by atoms with E-state index >= 15 is 0 Å². The molecule has 1 aromatic rings. The lowest BCUT2D eigenvalue weighted by molar-refractivity contribution is 0.0698. The van der Waals surface area contributed by atoms with E-state index in [1.807, 2.05) is 13.8 Å². The molecule has 1 aromatic heterocycles. The average molecular weight is 335 g/mol. The van der Waals surface area contributed by atoms with Crippen LogP contribution in [0.25, 0.3) is 0 Å². The largest absolute Gasteiger partial charge is 0.477 e. The van der Waals surface area contributed by atoms with Crippen molar-refractivity contribution in [2.24, 2.45) is 5.41 Å². The summed E-state index contributed by atoms with van der Waals surface area (Å²) in [5, 5.41) is 20.1. The van der Waals surface area contributed by atoms with Gasteiger partial charge in [0.25, 0.3) is 0 Å². The van der Waals surface area contributed by atoms with E-state index < -0.39 is 21.4 Å². The summed E-state index contributed by atoms with van der Waals surface area (Å²) < 4.78 is 27.2. The predicted molar refractivity (Wildman–Crippen MR) is 81.3 cm³/mol. The number of aromatic carboxylic acids is 1. The van der Waals surface area contributed by atoms with Gasteiger partial charge in [0.2, 0.25) is 10.0 Å². The zero-order chi connectivity index (χ0) is 16.3. The van der Waals surface area contributed by atoms with Crippen molar-refractivity contribution in [3.05, 3.63) is 15.8 Å². The molecule has 0 unspecified atom stereocenters. The van der Waals surface area contributed by atoms with Crippen LogP contribution in [0.5, 0.6) is 0 Å². The fraction of sp³-hybridized carbons (Fsp3) is 0.615. The lowest BCUT2D eigenvalue weighted by atomic mass is 9.84. The third-order valence-electron chi connectivity index (χ3n) is 3.85. The second-order valence-corrected chi connectivity index (χ2v) is 7.66. The maximum atomic E-state index is 12.4. The average Bonchev–Trinajstić information content (AvgIpc) is 2.84. The maximum Gasteiger partial charge on any atom is 0.347 e. The Kier molecular flexibility index (Phi) is 5.92. The van der Waals surface area contributed by atoms with Crippen LogP contribution in [-0.2, 0) is 10.0 Å². The number of carboxylic acid groups (broad SMARTS) is 1. The Morgan fingerprint density at radius 3 is 2.38 bits per heavy atom. The number of aliphatic hydroxyl groups excluding tert-OH is 1. The van der Waals surface area contributed by atoms with Crippen molar-refractivity contribution in [3.8, 4) is 0 Å². The minimum atomic E-state index is -3.92. The molecule has 1 heterocycles. The van der Waals surface area contributed by atoms with Gasteiger partial charge in [-0.15, -0.1) is 11.3 Å². The Hall–Kier alpha value is -0.960. The van der Waals surface area contributed by atoms with Crippen LogP contribution in [0.3, 0.4) is 0 Å². The molecule has 0 aliphatic rings. The number of hydrogen-bond donors (Lipinski definition) is 3. The molecule has 0 amide bonds. The Bertz CT molecular complexity index is 594. The number of carboxylic acids is 1. The zero-order valence-corrected chi connectivity index (χ0v) is 14.0. The Morgan fingerprint density at radius 1 is 1.38 bits per heavy atom. The van der Waals surface area contributed by atoms with E-state index in [-0.39, 0.29) is 22.9 Å². The number of aliphatic hydroxyl groups is 1. The topological polar surface area (TPSA) is 104 Å². The van der Waals surface area contributed by atoms with Crippen LogP contribution in [0.1, 0.15) is 41.9 Å². The van der Waals surface area contributed by atoms with Crippen molar-refractivity contribution in [2.75, 3.05) is 13.2 Å². The first-order valence-corrected chi connectivity index (χ1v) is 9.01. The van der Waals surface area contributed by atoms with Gasteiger partial charge in [-0.05, 0) is 30.7 Å². The standard InChI is InChI=1S/C13H21NO5S2/c1-4-13(5-2,8-15)7-14-21(18,19)11-9(3)6-20-10(11)12(16)17/h6,14-15H,4-5,7-8H2,1-3H3,(H,16,17). The van der Waals surface area contributed by atoms with Gasteiger partial charge in [0.1, 0.15) is 9.77 Å². The highest BCUT2D eigenvalue weighted by Crippen LogP contribution is 2.29. The van der Waals surface area contributed by atoms with E-state index in [1.165, 1.54) is 5.38 Å². The van der Waals surface area contributed by atoms with Gasteiger partial charge in [-0.3, -0.25) is 0 Å².